The zero-order chi connectivity index (χ0) is 17.1. The van der Waals surface area contributed by atoms with Gasteiger partial charge in [0.15, 0.2) is 0 Å². The summed E-state index contributed by atoms with van der Waals surface area (Å²) in [5.41, 5.74) is 1.42. The van der Waals surface area contributed by atoms with E-state index in [1.165, 1.54) is 11.3 Å². The first-order valence-corrected chi connectivity index (χ1v) is 8.55. The Morgan fingerprint density at radius 2 is 2.04 bits per heavy atom. The molecule has 0 saturated carbocycles. The predicted molar refractivity (Wildman–Crippen MR) is 88.4 cm³/mol. The molecule has 1 aliphatic heterocycles. The van der Waals surface area contributed by atoms with E-state index in [0.717, 1.165) is 5.69 Å². The molecule has 0 N–H and O–H groups in total. The molecule has 0 unspecified atom stereocenters. The average Bonchev–Trinajstić information content (AvgIpc) is 2.97. The lowest BCUT2D eigenvalue weighted by atomic mass is 10.2. The number of amides is 1. The van der Waals surface area contributed by atoms with Crippen molar-refractivity contribution in [3.05, 3.63) is 35.0 Å². The number of pyridine rings is 1. The number of aromatic nitrogens is 2. The highest BCUT2D eigenvalue weighted by Crippen LogP contribution is 2.27. The minimum Gasteiger partial charge on any atom is -0.335 e. The molecule has 24 heavy (non-hydrogen) atoms. The average molecular weight is 352 g/mol. The molecule has 8 heteroatoms. The molecule has 1 fully saturated rings. The number of aryl methyl sites for hydroxylation is 1. The van der Waals surface area contributed by atoms with Crippen molar-refractivity contribution in [3.63, 3.8) is 0 Å². The van der Waals surface area contributed by atoms with Crippen molar-refractivity contribution in [2.45, 2.75) is 13.3 Å². The van der Waals surface area contributed by atoms with Crippen LogP contribution in [0, 0.1) is 6.92 Å². The zero-order valence-electron chi connectivity index (χ0n) is 13.3. The number of hydrogen-bond donors (Lipinski definition) is 0. The van der Waals surface area contributed by atoms with Crippen LogP contribution in [0.15, 0.2) is 24.4 Å². The quantitative estimate of drug-likeness (QED) is 0.848. The van der Waals surface area contributed by atoms with Crippen molar-refractivity contribution in [1.29, 1.82) is 0 Å². The van der Waals surface area contributed by atoms with Crippen molar-refractivity contribution in [3.8, 4) is 10.7 Å². The van der Waals surface area contributed by atoms with E-state index in [2.05, 4.69) is 9.97 Å². The van der Waals surface area contributed by atoms with Crippen molar-refractivity contribution in [2.24, 2.45) is 0 Å². The van der Waals surface area contributed by atoms with Gasteiger partial charge >= 0.3 is 0 Å². The topological polar surface area (TPSA) is 49.3 Å². The maximum Gasteiger partial charge on any atom is 0.265 e. The SMILES string of the molecule is Cc1nc(-c2ccccn2)sc1C(=O)N1CCN(CC(F)F)CC1. The molecule has 5 nitrogen and oxygen atoms in total. The molecule has 1 amide bonds. The first kappa shape index (κ1) is 16.9. The van der Waals surface area contributed by atoms with E-state index in [9.17, 15) is 13.6 Å². The fourth-order valence-corrected chi connectivity index (χ4v) is 3.68. The number of piperazine rings is 1. The molecule has 0 aromatic carbocycles. The van der Waals surface area contributed by atoms with Gasteiger partial charge in [-0.05, 0) is 19.1 Å². The van der Waals surface area contributed by atoms with Crippen LogP contribution in [-0.4, -0.2) is 64.8 Å². The van der Waals surface area contributed by atoms with E-state index in [1.807, 2.05) is 25.1 Å². The van der Waals surface area contributed by atoms with E-state index in [0.29, 0.717) is 41.8 Å². The molecule has 2 aromatic rings. The minimum atomic E-state index is -2.34. The molecule has 0 spiro atoms. The molecular formula is C16H18F2N4OS. The Labute approximate surface area is 142 Å². The molecular weight excluding hydrogens is 334 g/mol. The van der Waals surface area contributed by atoms with E-state index < -0.39 is 6.43 Å². The largest absolute Gasteiger partial charge is 0.335 e. The first-order valence-electron chi connectivity index (χ1n) is 7.73. The number of carbonyl (C=O) groups is 1. The van der Waals surface area contributed by atoms with Gasteiger partial charge in [0, 0.05) is 32.4 Å². The number of thiazole rings is 1. The van der Waals surface area contributed by atoms with E-state index in [-0.39, 0.29) is 12.5 Å². The van der Waals surface area contributed by atoms with Gasteiger partial charge in [-0.2, -0.15) is 0 Å². The summed E-state index contributed by atoms with van der Waals surface area (Å²) in [6.07, 6.45) is -0.646. The van der Waals surface area contributed by atoms with Crippen LogP contribution in [0.2, 0.25) is 0 Å². The second-order valence-electron chi connectivity index (χ2n) is 5.63. The monoisotopic (exact) mass is 352 g/mol. The Balaban J connectivity index is 1.69. The molecule has 0 bridgehead atoms. The predicted octanol–water partition coefficient (Wildman–Crippen LogP) is 2.54. The summed E-state index contributed by atoms with van der Waals surface area (Å²) in [4.78, 5) is 25.4. The molecule has 0 aliphatic carbocycles. The molecule has 128 valence electrons. The van der Waals surface area contributed by atoms with Gasteiger partial charge < -0.3 is 4.90 Å². The number of rotatable bonds is 4. The Hall–Kier alpha value is -1.93. The Bertz CT molecular complexity index is 699. The smallest absolute Gasteiger partial charge is 0.265 e. The van der Waals surface area contributed by atoms with Gasteiger partial charge in [-0.3, -0.25) is 14.7 Å². The Kier molecular flexibility index (Phi) is 5.15. The summed E-state index contributed by atoms with van der Waals surface area (Å²) in [5, 5.41) is 0.716. The normalized spacial score (nSPS) is 15.9. The Morgan fingerprint density at radius 3 is 2.67 bits per heavy atom. The second kappa shape index (κ2) is 7.31. The highest BCUT2D eigenvalue weighted by atomic mass is 32.1. The zero-order valence-corrected chi connectivity index (χ0v) is 14.1. The molecule has 0 atom stereocenters. The molecule has 2 aromatic heterocycles. The summed E-state index contributed by atoms with van der Waals surface area (Å²) >= 11 is 1.33. The van der Waals surface area contributed by atoms with Crippen LogP contribution in [0.25, 0.3) is 10.7 Å². The summed E-state index contributed by atoms with van der Waals surface area (Å²) in [5.74, 6) is -0.0797. The van der Waals surface area contributed by atoms with Crippen LogP contribution in [0.5, 0.6) is 0 Å². The summed E-state index contributed by atoms with van der Waals surface area (Å²) in [6.45, 7) is 3.44. The summed E-state index contributed by atoms with van der Waals surface area (Å²) in [7, 11) is 0. The standard InChI is InChI=1S/C16H18F2N4OS/c1-11-14(24-15(20-11)12-4-2-3-5-19-12)16(23)22-8-6-21(7-9-22)10-13(17)18/h2-5,13H,6-10H2,1H3. The fraction of sp³-hybridized carbons (Fsp3) is 0.438. The van der Waals surface area contributed by atoms with Crippen molar-refractivity contribution in [1.82, 2.24) is 19.8 Å². The van der Waals surface area contributed by atoms with Gasteiger partial charge in [0.25, 0.3) is 12.3 Å². The summed E-state index contributed by atoms with van der Waals surface area (Å²) in [6, 6.07) is 5.56. The summed E-state index contributed by atoms with van der Waals surface area (Å²) < 4.78 is 24.8. The Morgan fingerprint density at radius 1 is 1.29 bits per heavy atom. The van der Waals surface area contributed by atoms with Crippen LogP contribution in [0.1, 0.15) is 15.4 Å². The van der Waals surface area contributed by atoms with Crippen LogP contribution in [-0.2, 0) is 0 Å². The van der Waals surface area contributed by atoms with Gasteiger partial charge in [-0.1, -0.05) is 6.07 Å². The highest BCUT2D eigenvalue weighted by molar-refractivity contribution is 7.17. The third-order valence-electron chi connectivity index (χ3n) is 3.93. The number of hydrogen-bond acceptors (Lipinski definition) is 5. The lowest BCUT2D eigenvalue weighted by Crippen LogP contribution is -2.49. The number of nitrogens with zero attached hydrogens (tertiary/aromatic N) is 4. The van der Waals surface area contributed by atoms with E-state index in [1.54, 1.807) is 16.0 Å². The lowest BCUT2D eigenvalue weighted by Gasteiger charge is -2.34. The number of carbonyl (C=O) groups excluding carboxylic acids is 1. The second-order valence-corrected chi connectivity index (χ2v) is 6.63. The molecule has 1 aliphatic rings. The van der Waals surface area contributed by atoms with E-state index in [4.69, 9.17) is 0 Å². The molecule has 3 rings (SSSR count). The van der Waals surface area contributed by atoms with Crippen molar-refractivity contribution >= 4 is 17.2 Å². The number of alkyl halides is 2. The first-order chi connectivity index (χ1) is 11.5. The number of halogens is 2. The third-order valence-corrected chi connectivity index (χ3v) is 5.10. The minimum absolute atomic E-state index is 0.0797. The third kappa shape index (κ3) is 3.76. The maximum atomic E-state index is 12.7. The van der Waals surface area contributed by atoms with Crippen LogP contribution < -0.4 is 0 Å². The van der Waals surface area contributed by atoms with E-state index >= 15 is 0 Å². The highest BCUT2D eigenvalue weighted by Gasteiger charge is 2.26. The molecule has 1 saturated heterocycles. The lowest BCUT2D eigenvalue weighted by molar-refractivity contribution is 0.0461. The van der Waals surface area contributed by atoms with Crippen LogP contribution in [0.4, 0.5) is 8.78 Å². The van der Waals surface area contributed by atoms with Crippen LogP contribution >= 0.6 is 11.3 Å². The maximum absolute atomic E-state index is 12.7. The van der Waals surface area contributed by atoms with Gasteiger partial charge in [-0.15, -0.1) is 11.3 Å². The van der Waals surface area contributed by atoms with Gasteiger partial charge in [0.1, 0.15) is 9.88 Å². The fourth-order valence-electron chi connectivity index (χ4n) is 2.67. The molecule has 3 heterocycles. The van der Waals surface area contributed by atoms with Crippen molar-refractivity contribution in [2.75, 3.05) is 32.7 Å². The van der Waals surface area contributed by atoms with Gasteiger partial charge in [0.05, 0.1) is 17.9 Å². The van der Waals surface area contributed by atoms with Gasteiger partial charge in [-0.25, -0.2) is 13.8 Å². The molecule has 0 radical (unpaired) electrons. The van der Waals surface area contributed by atoms with Crippen molar-refractivity contribution < 1.29 is 13.6 Å². The van der Waals surface area contributed by atoms with Gasteiger partial charge in [0.2, 0.25) is 0 Å². The van der Waals surface area contributed by atoms with Crippen LogP contribution in [0.3, 0.4) is 0 Å².